The van der Waals surface area contributed by atoms with Gasteiger partial charge in [0.25, 0.3) is 0 Å². The quantitative estimate of drug-likeness (QED) is 0.426. The summed E-state index contributed by atoms with van der Waals surface area (Å²) < 4.78 is 0. The van der Waals surface area contributed by atoms with Crippen molar-refractivity contribution in [1.29, 1.82) is 0 Å². The Hall–Kier alpha value is -0.560. The van der Waals surface area contributed by atoms with Crippen LogP contribution >= 0.6 is 0 Å². The van der Waals surface area contributed by atoms with Crippen molar-refractivity contribution in [2.75, 3.05) is 13.6 Å². The van der Waals surface area contributed by atoms with Crippen molar-refractivity contribution in [2.24, 2.45) is 0 Å². The van der Waals surface area contributed by atoms with Gasteiger partial charge in [-0.1, -0.05) is 24.8 Å². The van der Waals surface area contributed by atoms with E-state index in [1.807, 2.05) is 13.1 Å². The first-order valence-corrected chi connectivity index (χ1v) is 2.84. The molecule has 0 radical (unpaired) electrons. The summed E-state index contributed by atoms with van der Waals surface area (Å²) in [6.45, 7) is 4.60. The average Bonchev–Trinajstić information content (AvgIpc) is 1.81. The highest BCUT2D eigenvalue weighted by atomic mass is 14.8. The third-order valence-corrected chi connectivity index (χ3v) is 0.833. The van der Waals surface area contributed by atoms with E-state index in [0.717, 1.165) is 13.0 Å². The molecule has 0 aromatic heterocycles. The van der Waals surface area contributed by atoms with Gasteiger partial charge in [0, 0.05) is 0 Å². The van der Waals surface area contributed by atoms with Crippen LogP contribution in [0.4, 0.5) is 0 Å². The molecule has 0 unspecified atom stereocenters. The lowest BCUT2D eigenvalue weighted by atomic mass is 10.4. The Morgan fingerprint density at radius 2 is 2.38 bits per heavy atom. The lowest BCUT2D eigenvalue weighted by molar-refractivity contribution is 0.808. The minimum absolute atomic E-state index is 1.05. The number of nitrogens with one attached hydrogen (secondary N) is 1. The standard InChI is InChI=1S/C7H13N/c1-3-4-5-6-7-8-2/h3-5,8H,1,6-7H2,2H3/b5-4+. The van der Waals surface area contributed by atoms with Crippen molar-refractivity contribution in [2.45, 2.75) is 6.42 Å². The first-order valence-electron chi connectivity index (χ1n) is 2.84. The monoisotopic (exact) mass is 111 g/mol. The Morgan fingerprint density at radius 3 is 2.88 bits per heavy atom. The second-order valence-corrected chi connectivity index (χ2v) is 1.56. The predicted octanol–water partition coefficient (Wildman–Crippen LogP) is 1.34. The van der Waals surface area contributed by atoms with Crippen LogP contribution < -0.4 is 5.32 Å². The highest BCUT2D eigenvalue weighted by Crippen LogP contribution is 1.78. The van der Waals surface area contributed by atoms with Crippen molar-refractivity contribution >= 4 is 0 Å². The Bertz CT molecular complexity index is 74.5. The third kappa shape index (κ3) is 5.44. The lowest BCUT2D eigenvalue weighted by Crippen LogP contribution is -2.05. The first-order chi connectivity index (χ1) is 3.91. The fourth-order valence-electron chi connectivity index (χ4n) is 0.420. The molecule has 1 nitrogen and oxygen atoms in total. The van der Waals surface area contributed by atoms with E-state index in [2.05, 4.69) is 18.0 Å². The summed E-state index contributed by atoms with van der Waals surface area (Å²) >= 11 is 0. The normalized spacial score (nSPS) is 10.1. The molecule has 0 heterocycles. The van der Waals surface area contributed by atoms with Crippen LogP contribution in [0.5, 0.6) is 0 Å². The molecule has 0 fully saturated rings. The lowest BCUT2D eigenvalue weighted by Gasteiger charge is -1.88. The summed E-state index contributed by atoms with van der Waals surface area (Å²) in [6.07, 6.45) is 6.92. The van der Waals surface area contributed by atoms with Crippen LogP contribution in [0.25, 0.3) is 0 Å². The van der Waals surface area contributed by atoms with Gasteiger partial charge in [0.15, 0.2) is 0 Å². The molecule has 0 aliphatic heterocycles. The van der Waals surface area contributed by atoms with E-state index in [1.54, 1.807) is 6.08 Å². The van der Waals surface area contributed by atoms with E-state index in [-0.39, 0.29) is 0 Å². The molecule has 0 aromatic carbocycles. The zero-order chi connectivity index (χ0) is 6.24. The summed E-state index contributed by atoms with van der Waals surface area (Å²) in [5.74, 6) is 0. The van der Waals surface area contributed by atoms with E-state index in [1.165, 1.54) is 0 Å². The maximum Gasteiger partial charge on any atom is -0.00172 e. The summed E-state index contributed by atoms with van der Waals surface area (Å²) in [6, 6.07) is 0. The van der Waals surface area contributed by atoms with Crippen molar-refractivity contribution in [1.82, 2.24) is 5.32 Å². The maximum absolute atomic E-state index is 3.55. The molecular formula is C7H13N. The molecule has 0 rings (SSSR count). The van der Waals surface area contributed by atoms with Crippen LogP contribution in [-0.4, -0.2) is 13.6 Å². The average molecular weight is 111 g/mol. The highest BCUT2D eigenvalue weighted by molar-refractivity contribution is 4.96. The van der Waals surface area contributed by atoms with Gasteiger partial charge >= 0.3 is 0 Å². The van der Waals surface area contributed by atoms with Gasteiger partial charge in [0.2, 0.25) is 0 Å². The number of rotatable bonds is 4. The number of hydrogen-bond donors (Lipinski definition) is 1. The van der Waals surface area contributed by atoms with Crippen LogP contribution in [-0.2, 0) is 0 Å². The molecular weight excluding hydrogens is 98.1 g/mol. The fraction of sp³-hybridized carbons (Fsp3) is 0.429. The Kier molecular flexibility index (Phi) is 5.99. The zero-order valence-corrected chi connectivity index (χ0v) is 5.35. The van der Waals surface area contributed by atoms with Crippen molar-refractivity contribution < 1.29 is 0 Å². The number of hydrogen-bond acceptors (Lipinski definition) is 1. The van der Waals surface area contributed by atoms with Gasteiger partial charge in [0.1, 0.15) is 0 Å². The SMILES string of the molecule is C=C/C=C/CCNC. The van der Waals surface area contributed by atoms with E-state index < -0.39 is 0 Å². The third-order valence-electron chi connectivity index (χ3n) is 0.833. The second-order valence-electron chi connectivity index (χ2n) is 1.56. The first kappa shape index (κ1) is 7.44. The summed E-state index contributed by atoms with van der Waals surface area (Å²) in [5, 5.41) is 3.04. The molecule has 0 aromatic rings. The molecule has 0 saturated carbocycles. The molecule has 0 atom stereocenters. The smallest absolute Gasteiger partial charge is 0.00172 e. The van der Waals surface area contributed by atoms with Crippen LogP contribution in [0.15, 0.2) is 24.8 Å². The summed E-state index contributed by atoms with van der Waals surface area (Å²) in [5.41, 5.74) is 0. The number of allylic oxidation sites excluding steroid dienone is 2. The molecule has 0 amide bonds. The molecule has 0 bridgehead atoms. The molecule has 0 spiro atoms. The van der Waals surface area contributed by atoms with Crippen LogP contribution in [0.2, 0.25) is 0 Å². The van der Waals surface area contributed by atoms with Gasteiger partial charge in [-0.05, 0) is 20.0 Å². The van der Waals surface area contributed by atoms with Crippen LogP contribution in [0.1, 0.15) is 6.42 Å². The van der Waals surface area contributed by atoms with E-state index >= 15 is 0 Å². The highest BCUT2D eigenvalue weighted by Gasteiger charge is 1.71. The molecule has 0 saturated heterocycles. The van der Waals surface area contributed by atoms with E-state index in [0.29, 0.717) is 0 Å². The van der Waals surface area contributed by atoms with E-state index in [4.69, 9.17) is 0 Å². The largest absolute Gasteiger partial charge is 0.319 e. The van der Waals surface area contributed by atoms with Crippen molar-refractivity contribution in [3.8, 4) is 0 Å². The minimum Gasteiger partial charge on any atom is -0.319 e. The van der Waals surface area contributed by atoms with Crippen molar-refractivity contribution in [3.63, 3.8) is 0 Å². The van der Waals surface area contributed by atoms with Gasteiger partial charge in [0.05, 0.1) is 0 Å². The maximum atomic E-state index is 3.55. The minimum atomic E-state index is 1.05. The van der Waals surface area contributed by atoms with Gasteiger partial charge in [-0.3, -0.25) is 0 Å². The van der Waals surface area contributed by atoms with Gasteiger partial charge in [-0.25, -0.2) is 0 Å². The molecule has 0 aliphatic carbocycles. The van der Waals surface area contributed by atoms with Crippen molar-refractivity contribution in [3.05, 3.63) is 24.8 Å². The molecule has 1 heteroatoms. The summed E-state index contributed by atoms with van der Waals surface area (Å²) in [7, 11) is 1.95. The molecule has 8 heavy (non-hydrogen) atoms. The topological polar surface area (TPSA) is 12.0 Å². The van der Waals surface area contributed by atoms with Gasteiger partial charge in [-0.15, -0.1) is 0 Å². The van der Waals surface area contributed by atoms with Crippen LogP contribution in [0.3, 0.4) is 0 Å². The van der Waals surface area contributed by atoms with Gasteiger partial charge in [-0.2, -0.15) is 0 Å². The Labute approximate surface area is 51.1 Å². The Morgan fingerprint density at radius 1 is 1.62 bits per heavy atom. The second kappa shape index (κ2) is 6.44. The Balaban J connectivity index is 2.91. The molecule has 0 aliphatic rings. The zero-order valence-electron chi connectivity index (χ0n) is 5.35. The van der Waals surface area contributed by atoms with E-state index in [9.17, 15) is 0 Å². The summed E-state index contributed by atoms with van der Waals surface area (Å²) in [4.78, 5) is 0. The van der Waals surface area contributed by atoms with Gasteiger partial charge < -0.3 is 5.32 Å². The fourth-order valence-corrected chi connectivity index (χ4v) is 0.420. The van der Waals surface area contributed by atoms with Crippen LogP contribution in [0, 0.1) is 0 Å². The predicted molar refractivity (Wildman–Crippen MR) is 37.9 cm³/mol. The molecule has 46 valence electrons. The molecule has 1 N–H and O–H groups in total.